The molecular formula is C15H14INO. The van der Waals surface area contributed by atoms with Crippen LogP contribution >= 0.6 is 0 Å². The molecule has 0 saturated carbocycles. The highest BCUT2D eigenvalue weighted by Gasteiger charge is 2.15. The Kier molecular flexibility index (Phi) is 3.71. The largest absolute Gasteiger partial charge is 1.00 e. The molecule has 0 bridgehead atoms. The van der Waals surface area contributed by atoms with E-state index < -0.39 is 0 Å². The van der Waals surface area contributed by atoms with Crippen LogP contribution in [0, 0.1) is 6.92 Å². The molecule has 0 amide bonds. The number of hydrogen-bond acceptors (Lipinski definition) is 1. The van der Waals surface area contributed by atoms with E-state index in [2.05, 4.69) is 41.0 Å². The quantitative estimate of drug-likeness (QED) is 0.454. The van der Waals surface area contributed by atoms with Crippen LogP contribution in [0.1, 0.15) is 5.89 Å². The van der Waals surface area contributed by atoms with Crippen LogP contribution in [0.5, 0.6) is 0 Å². The van der Waals surface area contributed by atoms with Crippen LogP contribution < -0.4 is 28.5 Å². The van der Waals surface area contributed by atoms with Crippen molar-refractivity contribution in [2.24, 2.45) is 7.05 Å². The first-order valence-electron chi connectivity index (χ1n) is 5.70. The van der Waals surface area contributed by atoms with Gasteiger partial charge in [-0.05, 0) is 17.2 Å². The van der Waals surface area contributed by atoms with Crippen molar-refractivity contribution in [1.29, 1.82) is 0 Å². The fourth-order valence-electron chi connectivity index (χ4n) is 2.07. The molecule has 3 rings (SSSR count). The van der Waals surface area contributed by atoms with Gasteiger partial charge in [0.1, 0.15) is 7.05 Å². The van der Waals surface area contributed by atoms with E-state index in [1.807, 2.05) is 26.1 Å². The van der Waals surface area contributed by atoms with Gasteiger partial charge in [-0.15, -0.1) is 0 Å². The molecule has 0 aliphatic heterocycles. The van der Waals surface area contributed by atoms with Crippen molar-refractivity contribution in [2.75, 3.05) is 0 Å². The Bertz CT molecular complexity index is 674. The van der Waals surface area contributed by atoms with Crippen molar-refractivity contribution in [2.45, 2.75) is 6.92 Å². The molecule has 0 saturated heterocycles. The molecule has 3 aromatic rings. The minimum atomic E-state index is 0. The Morgan fingerprint density at radius 1 is 0.944 bits per heavy atom. The molecule has 0 spiro atoms. The normalized spacial score (nSPS) is 10.3. The Hall–Kier alpha value is -1.36. The highest BCUT2D eigenvalue weighted by molar-refractivity contribution is 5.78. The molecule has 0 aliphatic rings. The monoisotopic (exact) mass is 351 g/mol. The number of aryl methyl sites for hydroxylation is 2. The molecule has 92 valence electrons. The molecular weight excluding hydrogens is 337 g/mol. The summed E-state index contributed by atoms with van der Waals surface area (Å²) >= 11 is 0. The lowest BCUT2D eigenvalue weighted by molar-refractivity contribution is -0.657. The summed E-state index contributed by atoms with van der Waals surface area (Å²) in [5, 5.41) is 0. The first-order chi connectivity index (χ1) is 8.25. The van der Waals surface area contributed by atoms with Gasteiger partial charge in [0, 0.05) is 6.07 Å². The highest BCUT2D eigenvalue weighted by atomic mass is 127. The summed E-state index contributed by atoms with van der Waals surface area (Å²) in [5.74, 6) is 0.921. The average Bonchev–Trinajstić information content (AvgIpc) is 2.66. The van der Waals surface area contributed by atoms with Gasteiger partial charge < -0.3 is 28.4 Å². The Balaban J connectivity index is 0.00000120. The number of halogens is 1. The topological polar surface area (TPSA) is 17.0 Å². The maximum absolute atomic E-state index is 5.65. The van der Waals surface area contributed by atoms with E-state index in [1.165, 1.54) is 11.1 Å². The zero-order chi connectivity index (χ0) is 11.8. The SMILES string of the molecule is Cc1oc2ccc(-c3ccccc3)cc2[n+]1C.[I-]. The van der Waals surface area contributed by atoms with E-state index in [0.717, 1.165) is 17.0 Å². The minimum absolute atomic E-state index is 0. The average molecular weight is 351 g/mol. The number of nitrogens with zero attached hydrogens (tertiary/aromatic N) is 1. The van der Waals surface area contributed by atoms with E-state index >= 15 is 0 Å². The molecule has 0 unspecified atom stereocenters. The van der Waals surface area contributed by atoms with Crippen LogP contribution in [-0.4, -0.2) is 0 Å². The van der Waals surface area contributed by atoms with Crippen LogP contribution in [-0.2, 0) is 7.05 Å². The van der Waals surface area contributed by atoms with Crippen LogP contribution in [0.15, 0.2) is 52.9 Å². The van der Waals surface area contributed by atoms with Crippen molar-refractivity contribution in [3.05, 3.63) is 54.4 Å². The summed E-state index contributed by atoms with van der Waals surface area (Å²) in [6.45, 7) is 1.97. The predicted octanol–water partition coefficient (Wildman–Crippen LogP) is 0.237. The lowest BCUT2D eigenvalue weighted by Gasteiger charge is -1.98. The van der Waals surface area contributed by atoms with Gasteiger partial charge in [-0.2, -0.15) is 4.57 Å². The fourth-order valence-corrected chi connectivity index (χ4v) is 2.07. The Morgan fingerprint density at radius 2 is 1.67 bits per heavy atom. The number of hydrogen-bond donors (Lipinski definition) is 0. The first-order valence-corrected chi connectivity index (χ1v) is 5.70. The minimum Gasteiger partial charge on any atom is -1.00 e. The van der Waals surface area contributed by atoms with E-state index in [9.17, 15) is 0 Å². The molecule has 2 aromatic carbocycles. The van der Waals surface area contributed by atoms with Crippen LogP contribution in [0.25, 0.3) is 22.2 Å². The van der Waals surface area contributed by atoms with Gasteiger partial charge in [0.15, 0.2) is 0 Å². The molecule has 0 N–H and O–H groups in total. The maximum Gasteiger partial charge on any atom is 0.344 e. The van der Waals surface area contributed by atoms with Gasteiger partial charge in [0.05, 0.1) is 6.92 Å². The number of benzene rings is 2. The van der Waals surface area contributed by atoms with Crippen LogP contribution in [0.3, 0.4) is 0 Å². The molecule has 0 aliphatic carbocycles. The van der Waals surface area contributed by atoms with Crippen LogP contribution in [0.4, 0.5) is 0 Å². The summed E-state index contributed by atoms with van der Waals surface area (Å²) in [4.78, 5) is 0. The smallest absolute Gasteiger partial charge is 0.344 e. The number of rotatable bonds is 1. The summed E-state index contributed by atoms with van der Waals surface area (Å²) in [5.41, 5.74) is 4.51. The summed E-state index contributed by atoms with van der Waals surface area (Å²) < 4.78 is 7.72. The van der Waals surface area contributed by atoms with E-state index in [-0.39, 0.29) is 24.0 Å². The lowest BCUT2D eigenvalue weighted by atomic mass is 10.1. The molecule has 1 aromatic heterocycles. The highest BCUT2D eigenvalue weighted by Crippen LogP contribution is 2.23. The van der Waals surface area contributed by atoms with E-state index in [1.54, 1.807) is 0 Å². The molecule has 1 heterocycles. The number of aromatic nitrogens is 1. The van der Waals surface area contributed by atoms with Crippen molar-refractivity contribution >= 4 is 11.1 Å². The summed E-state index contributed by atoms with van der Waals surface area (Å²) in [7, 11) is 2.02. The number of oxazole rings is 1. The maximum atomic E-state index is 5.65. The van der Waals surface area contributed by atoms with Gasteiger partial charge in [-0.1, -0.05) is 36.4 Å². The first kappa shape index (κ1) is 13.1. The molecule has 2 nitrogen and oxygen atoms in total. The Labute approximate surface area is 123 Å². The van der Waals surface area contributed by atoms with Gasteiger partial charge in [0.25, 0.3) is 5.52 Å². The third-order valence-corrected chi connectivity index (χ3v) is 3.16. The van der Waals surface area contributed by atoms with Crippen molar-refractivity contribution in [3.63, 3.8) is 0 Å². The molecule has 3 heteroatoms. The Morgan fingerprint density at radius 3 is 2.39 bits per heavy atom. The lowest BCUT2D eigenvalue weighted by Crippen LogP contribution is -3.00. The van der Waals surface area contributed by atoms with Crippen molar-refractivity contribution in [1.82, 2.24) is 0 Å². The third-order valence-electron chi connectivity index (χ3n) is 3.16. The van der Waals surface area contributed by atoms with Gasteiger partial charge in [0.2, 0.25) is 5.58 Å². The number of fused-ring (bicyclic) bond motifs is 1. The van der Waals surface area contributed by atoms with Crippen LogP contribution in [0.2, 0.25) is 0 Å². The molecule has 18 heavy (non-hydrogen) atoms. The molecule has 0 atom stereocenters. The zero-order valence-corrected chi connectivity index (χ0v) is 12.5. The van der Waals surface area contributed by atoms with Crippen molar-refractivity contribution in [3.8, 4) is 11.1 Å². The molecule has 0 radical (unpaired) electrons. The summed E-state index contributed by atoms with van der Waals surface area (Å²) in [6, 6.07) is 16.7. The van der Waals surface area contributed by atoms with Gasteiger partial charge >= 0.3 is 5.89 Å². The van der Waals surface area contributed by atoms with E-state index in [4.69, 9.17) is 4.42 Å². The van der Waals surface area contributed by atoms with Gasteiger partial charge in [-0.3, -0.25) is 0 Å². The summed E-state index contributed by atoms with van der Waals surface area (Å²) in [6.07, 6.45) is 0. The fraction of sp³-hybridized carbons (Fsp3) is 0.133. The standard InChI is InChI=1S/C15H14NO.HI/c1-11-16(2)14-10-13(8-9-15(14)17-11)12-6-4-3-5-7-12;/h3-10H,1-2H3;1H/q+1;/p-1. The van der Waals surface area contributed by atoms with E-state index in [0.29, 0.717) is 0 Å². The zero-order valence-electron chi connectivity index (χ0n) is 10.4. The third kappa shape index (κ3) is 2.14. The molecule has 0 fully saturated rings. The second-order valence-corrected chi connectivity index (χ2v) is 4.23. The second kappa shape index (κ2) is 5.10. The second-order valence-electron chi connectivity index (χ2n) is 4.23. The van der Waals surface area contributed by atoms with Gasteiger partial charge in [-0.25, -0.2) is 0 Å². The van der Waals surface area contributed by atoms with Crippen molar-refractivity contribution < 1.29 is 33.0 Å². The predicted molar refractivity (Wildman–Crippen MR) is 67.6 cm³/mol.